The van der Waals surface area contributed by atoms with Crippen molar-refractivity contribution in [2.45, 2.75) is 151 Å². The van der Waals surface area contributed by atoms with E-state index in [1.54, 1.807) is 0 Å². The molecule has 242 valence electrons. The molecule has 8 fully saturated rings. The van der Waals surface area contributed by atoms with E-state index in [0.29, 0.717) is 38.9 Å². The lowest BCUT2D eigenvalue weighted by Gasteiger charge is -2.58. The fourth-order valence-electron chi connectivity index (χ4n) is 9.47. The molecule has 0 N–H and O–H groups in total. The minimum absolute atomic E-state index is 0.0484. The maximum Gasteiger partial charge on any atom is 0.376 e. The first-order valence-electron chi connectivity index (χ1n) is 16.6. The molecule has 0 aromatic rings. The molecule has 11 heteroatoms. The summed E-state index contributed by atoms with van der Waals surface area (Å²) in [6.07, 6.45) is 11.3. The van der Waals surface area contributed by atoms with Crippen molar-refractivity contribution >= 4 is 11.9 Å². The standard InChI is InChI=1S/C32H46F2O9/c1-29(33,34)28(36)41-26-21-12-20-13-22(26)16-30(14-20,15-21)37-19-25(35)40-27(23-17-38-31(42-23)8-4-2-5-9-31)24-18-39-32(43-24)10-6-3-7-11-32/h20-24,26-27H,2-19H2,1H3. The number of esters is 2. The first-order valence-corrected chi connectivity index (χ1v) is 16.6. The van der Waals surface area contributed by atoms with Gasteiger partial charge in [0.05, 0.1) is 18.8 Å². The number of carbonyl (C=O) groups excluding carboxylic acids is 2. The van der Waals surface area contributed by atoms with Crippen molar-refractivity contribution in [3.63, 3.8) is 0 Å². The van der Waals surface area contributed by atoms with Gasteiger partial charge in [0.15, 0.2) is 17.7 Å². The molecule has 0 amide bonds. The van der Waals surface area contributed by atoms with Gasteiger partial charge in [0.25, 0.3) is 0 Å². The highest BCUT2D eigenvalue weighted by Crippen LogP contribution is 2.58. The SMILES string of the molecule is CC(F)(F)C(=O)OC1C2CC3CC1CC(OCC(=O)OC(C1COC4(CCCCC4)O1)C1COC4(CCCCC4)O1)(C3)C2. The van der Waals surface area contributed by atoms with E-state index in [2.05, 4.69) is 0 Å². The van der Waals surface area contributed by atoms with E-state index in [-0.39, 0.29) is 18.4 Å². The number of ether oxygens (including phenoxy) is 7. The molecule has 2 spiro atoms. The summed E-state index contributed by atoms with van der Waals surface area (Å²) in [5.74, 6) is -6.43. The summed E-state index contributed by atoms with van der Waals surface area (Å²) in [4.78, 5) is 25.4. The van der Waals surface area contributed by atoms with E-state index in [9.17, 15) is 18.4 Å². The smallest absolute Gasteiger partial charge is 0.376 e. The van der Waals surface area contributed by atoms with Gasteiger partial charge in [-0.3, -0.25) is 0 Å². The Morgan fingerprint density at radius 1 is 0.837 bits per heavy atom. The fourth-order valence-corrected chi connectivity index (χ4v) is 9.47. The second-order valence-corrected chi connectivity index (χ2v) is 14.5. The average Bonchev–Trinajstić information content (AvgIpc) is 3.56. The molecule has 4 atom stereocenters. The van der Waals surface area contributed by atoms with Crippen LogP contribution in [0, 0.1) is 17.8 Å². The van der Waals surface area contributed by atoms with Gasteiger partial charge in [-0.1, -0.05) is 12.8 Å². The first kappa shape index (κ1) is 30.3. The molecule has 4 unspecified atom stereocenters. The van der Waals surface area contributed by atoms with E-state index >= 15 is 0 Å². The Morgan fingerprint density at radius 2 is 1.37 bits per heavy atom. The van der Waals surface area contributed by atoms with Crippen LogP contribution in [0.2, 0.25) is 0 Å². The highest BCUT2D eigenvalue weighted by atomic mass is 19.3. The normalized spacial score (nSPS) is 40.2. The van der Waals surface area contributed by atoms with Gasteiger partial charge in [-0.25, -0.2) is 9.59 Å². The number of hydrogen-bond acceptors (Lipinski definition) is 9. The number of halogens is 2. The predicted molar refractivity (Wildman–Crippen MR) is 146 cm³/mol. The van der Waals surface area contributed by atoms with Crippen LogP contribution in [-0.2, 0) is 42.7 Å². The average molecular weight is 613 g/mol. The van der Waals surface area contributed by atoms with Gasteiger partial charge in [-0.15, -0.1) is 0 Å². The second-order valence-electron chi connectivity index (χ2n) is 14.5. The van der Waals surface area contributed by atoms with Crippen LogP contribution in [-0.4, -0.2) is 79.3 Å². The number of hydrogen-bond donors (Lipinski definition) is 0. The molecule has 2 heterocycles. The molecule has 2 saturated heterocycles. The van der Waals surface area contributed by atoms with Crippen LogP contribution in [0.1, 0.15) is 103 Å². The molecule has 0 radical (unpaired) electrons. The van der Waals surface area contributed by atoms with Crippen LogP contribution in [0.15, 0.2) is 0 Å². The van der Waals surface area contributed by atoms with Crippen LogP contribution in [0.4, 0.5) is 8.78 Å². The largest absolute Gasteiger partial charge is 0.457 e. The summed E-state index contributed by atoms with van der Waals surface area (Å²) in [7, 11) is 0. The van der Waals surface area contributed by atoms with Gasteiger partial charge in [-0.2, -0.15) is 8.78 Å². The lowest BCUT2D eigenvalue weighted by Crippen LogP contribution is -2.59. The van der Waals surface area contributed by atoms with Gasteiger partial charge in [0.2, 0.25) is 0 Å². The van der Waals surface area contributed by atoms with Crippen LogP contribution in [0.5, 0.6) is 0 Å². The zero-order valence-electron chi connectivity index (χ0n) is 25.2. The molecule has 8 rings (SSSR count). The molecule has 2 aliphatic heterocycles. The van der Waals surface area contributed by atoms with Crippen molar-refractivity contribution in [3.8, 4) is 0 Å². The fraction of sp³-hybridized carbons (Fsp3) is 0.938. The Hall–Kier alpha value is -1.40. The van der Waals surface area contributed by atoms with Crippen molar-refractivity contribution in [3.05, 3.63) is 0 Å². The third kappa shape index (κ3) is 6.10. The quantitative estimate of drug-likeness (QED) is 0.342. The molecule has 8 aliphatic rings. The maximum atomic E-state index is 13.6. The van der Waals surface area contributed by atoms with Crippen LogP contribution in [0.25, 0.3) is 0 Å². The minimum Gasteiger partial charge on any atom is -0.457 e. The molecular weight excluding hydrogens is 566 g/mol. The van der Waals surface area contributed by atoms with Crippen molar-refractivity contribution < 1.29 is 51.5 Å². The molecule has 6 aliphatic carbocycles. The third-order valence-corrected chi connectivity index (χ3v) is 11.2. The monoisotopic (exact) mass is 612 g/mol. The summed E-state index contributed by atoms with van der Waals surface area (Å²) in [5.41, 5.74) is -0.541. The van der Waals surface area contributed by atoms with Gasteiger partial charge in [0, 0.05) is 32.6 Å². The van der Waals surface area contributed by atoms with Crippen LogP contribution >= 0.6 is 0 Å². The molecule has 0 aromatic carbocycles. The van der Waals surface area contributed by atoms with E-state index < -0.39 is 59.5 Å². The molecule has 6 saturated carbocycles. The number of rotatable bonds is 8. The lowest BCUT2D eigenvalue weighted by molar-refractivity contribution is -0.233. The van der Waals surface area contributed by atoms with Crippen molar-refractivity contribution in [1.29, 1.82) is 0 Å². The van der Waals surface area contributed by atoms with Crippen molar-refractivity contribution in [1.82, 2.24) is 0 Å². The van der Waals surface area contributed by atoms with Crippen molar-refractivity contribution in [2.24, 2.45) is 17.8 Å². The van der Waals surface area contributed by atoms with E-state index in [1.807, 2.05) is 0 Å². The summed E-state index contributed by atoms with van der Waals surface area (Å²) in [6, 6.07) is 0. The highest BCUT2D eigenvalue weighted by molar-refractivity contribution is 5.77. The molecular formula is C32H46F2O9. The zero-order valence-corrected chi connectivity index (χ0v) is 25.2. The second kappa shape index (κ2) is 11.4. The maximum absolute atomic E-state index is 13.6. The summed E-state index contributed by atoms with van der Waals surface area (Å²) >= 11 is 0. The molecule has 0 aromatic heterocycles. The van der Waals surface area contributed by atoms with E-state index in [4.69, 9.17) is 33.2 Å². The van der Waals surface area contributed by atoms with Gasteiger partial charge in [0.1, 0.15) is 24.9 Å². The third-order valence-electron chi connectivity index (χ3n) is 11.2. The Kier molecular flexibility index (Phi) is 8.05. The minimum atomic E-state index is -3.52. The Labute approximate surface area is 251 Å². The Morgan fingerprint density at radius 3 is 1.88 bits per heavy atom. The highest BCUT2D eigenvalue weighted by Gasteiger charge is 2.59. The Bertz CT molecular complexity index is 998. The van der Waals surface area contributed by atoms with E-state index in [1.165, 1.54) is 0 Å². The number of alkyl halides is 2. The van der Waals surface area contributed by atoms with Gasteiger partial charge in [-0.05, 0) is 75.5 Å². The van der Waals surface area contributed by atoms with Crippen molar-refractivity contribution in [2.75, 3.05) is 19.8 Å². The molecule has 43 heavy (non-hydrogen) atoms. The first-order chi connectivity index (χ1) is 20.6. The number of carbonyl (C=O) groups is 2. The van der Waals surface area contributed by atoms with E-state index in [0.717, 1.165) is 83.5 Å². The summed E-state index contributed by atoms with van der Waals surface area (Å²) < 4.78 is 70.4. The molecule has 4 bridgehead atoms. The Balaban J connectivity index is 0.999. The van der Waals surface area contributed by atoms with Crippen LogP contribution < -0.4 is 0 Å². The zero-order chi connectivity index (χ0) is 29.9. The predicted octanol–water partition coefficient (Wildman–Crippen LogP) is 5.21. The van der Waals surface area contributed by atoms with Gasteiger partial charge < -0.3 is 33.2 Å². The topological polar surface area (TPSA) is 98.8 Å². The van der Waals surface area contributed by atoms with Gasteiger partial charge >= 0.3 is 17.9 Å². The van der Waals surface area contributed by atoms with Crippen LogP contribution in [0.3, 0.4) is 0 Å². The summed E-state index contributed by atoms with van der Waals surface area (Å²) in [5, 5.41) is 0. The summed E-state index contributed by atoms with van der Waals surface area (Å²) in [6.45, 7) is 1.01. The molecule has 9 nitrogen and oxygen atoms in total. The lowest BCUT2D eigenvalue weighted by atomic mass is 9.53.